The van der Waals surface area contributed by atoms with Crippen LogP contribution in [-0.2, 0) is 14.8 Å². The topological polar surface area (TPSA) is 83.9 Å². The quantitative estimate of drug-likeness (QED) is 0.779. The second kappa shape index (κ2) is 6.78. The lowest BCUT2D eigenvalue weighted by Crippen LogP contribution is -2.34. The van der Waals surface area contributed by atoms with Crippen molar-refractivity contribution in [1.82, 2.24) is 4.31 Å². The molecule has 0 aliphatic heterocycles. The lowest BCUT2D eigenvalue weighted by atomic mass is 10.2. The molecule has 0 unspecified atom stereocenters. The molecular formula is C12H16FNO5S. The Bertz CT molecular complexity index is 588. The Hall–Kier alpha value is -1.51. The van der Waals surface area contributed by atoms with Crippen molar-refractivity contribution in [3.8, 4) is 0 Å². The predicted octanol–water partition coefficient (Wildman–Crippen LogP) is 0.615. The predicted molar refractivity (Wildman–Crippen MR) is 69.3 cm³/mol. The molecule has 0 aromatic heterocycles. The van der Waals surface area contributed by atoms with Crippen LogP contribution in [0.2, 0.25) is 0 Å². The maximum absolute atomic E-state index is 13.3. The number of esters is 1. The Balaban J connectivity index is 3.43. The van der Waals surface area contributed by atoms with Crippen molar-refractivity contribution in [2.24, 2.45) is 0 Å². The van der Waals surface area contributed by atoms with E-state index in [1.54, 1.807) is 6.92 Å². The van der Waals surface area contributed by atoms with Crippen molar-refractivity contribution >= 4 is 16.0 Å². The molecule has 0 radical (unpaired) electrons. The number of hydrogen-bond acceptors (Lipinski definition) is 5. The van der Waals surface area contributed by atoms with Gasteiger partial charge in [-0.3, -0.25) is 0 Å². The SMILES string of the molecule is CCN(CCO)S(=O)(=O)c1cc(F)ccc1C(=O)OC. The van der Waals surface area contributed by atoms with Gasteiger partial charge in [0.1, 0.15) is 5.82 Å². The van der Waals surface area contributed by atoms with E-state index in [4.69, 9.17) is 5.11 Å². The standard InChI is InChI=1S/C12H16FNO5S/c1-3-14(6-7-15)20(17,18)11-8-9(13)4-5-10(11)12(16)19-2/h4-5,8,15H,3,6-7H2,1-2H3. The van der Waals surface area contributed by atoms with Crippen molar-refractivity contribution in [2.45, 2.75) is 11.8 Å². The summed E-state index contributed by atoms with van der Waals surface area (Å²) in [5.74, 6) is -1.65. The zero-order chi connectivity index (χ0) is 15.3. The van der Waals surface area contributed by atoms with Crippen molar-refractivity contribution in [3.63, 3.8) is 0 Å². The van der Waals surface area contributed by atoms with E-state index in [9.17, 15) is 17.6 Å². The number of hydrogen-bond donors (Lipinski definition) is 1. The number of ether oxygens (including phenoxy) is 1. The molecule has 0 amide bonds. The maximum atomic E-state index is 13.3. The molecule has 0 atom stereocenters. The second-order valence-electron chi connectivity index (χ2n) is 3.85. The Morgan fingerprint density at radius 1 is 1.45 bits per heavy atom. The van der Waals surface area contributed by atoms with Crippen molar-refractivity contribution < 1.29 is 27.4 Å². The van der Waals surface area contributed by atoms with Crippen LogP contribution >= 0.6 is 0 Å². The average molecular weight is 305 g/mol. The molecule has 1 rings (SSSR count). The first kappa shape index (κ1) is 16.5. The fourth-order valence-corrected chi connectivity index (χ4v) is 3.32. The normalized spacial score (nSPS) is 11.7. The summed E-state index contributed by atoms with van der Waals surface area (Å²) in [6, 6.07) is 2.80. The number of aliphatic hydroxyl groups is 1. The van der Waals surface area contributed by atoms with Crippen LogP contribution in [0.4, 0.5) is 4.39 Å². The monoisotopic (exact) mass is 305 g/mol. The molecule has 1 aromatic rings. The number of halogens is 1. The molecule has 1 aromatic carbocycles. The Kier molecular flexibility index (Phi) is 5.61. The van der Waals surface area contributed by atoms with Gasteiger partial charge < -0.3 is 9.84 Å². The van der Waals surface area contributed by atoms with E-state index in [0.717, 1.165) is 29.6 Å². The molecule has 0 saturated heterocycles. The highest BCUT2D eigenvalue weighted by atomic mass is 32.2. The molecule has 112 valence electrons. The molecule has 6 nitrogen and oxygen atoms in total. The van der Waals surface area contributed by atoms with Crippen molar-refractivity contribution in [2.75, 3.05) is 26.8 Å². The van der Waals surface area contributed by atoms with Crippen LogP contribution in [0.3, 0.4) is 0 Å². The van der Waals surface area contributed by atoms with E-state index in [1.165, 1.54) is 0 Å². The van der Waals surface area contributed by atoms with Gasteiger partial charge in [-0.1, -0.05) is 6.92 Å². The van der Waals surface area contributed by atoms with Gasteiger partial charge in [0.05, 0.1) is 24.2 Å². The van der Waals surface area contributed by atoms with Gasteiger partial charge in [0.15, 0.2) is 0 Å². The number of nitrogens with zero attached hydrogens (tertiary/aromatic N) is 1. The number of likely N-dealkylation sites (N-methyl/N-ethyl adjacent to an activating group) is 1. The Labute approximate surface area is 116 Å². The van der Waals surface area contributed by atoms with Gasteiger partial charge in [-0.25, -0.2) is 17.6 Å². The number of carbonyl (C=O) groups is 1. The lowest BCUT2D eigenvalue weighted by Gasteiger charge is -2.20. The summed E-state index contributed by atoms with van der Waals surface area (Å²) in [6.07, 6.45) is 0. The van der Waals surface area contributed by atoms with Crippen LogP contribution in [0, 0.1) is 5.82 Å². The van der Waals surface area contributed by atoms with Crippen LogP contribution in [-0.4, -0.2) is 50.6 Å². The van der Waals surface area contributed by atoms with E-state index in [-0.39, 0.29) is 25.3 Å². The summed E-state index contributed by atoms with van der Waals surface area (Å²) in [4.78, 5) is 11.1. The van der Waals surface area contributed by atoms with Gasteiger partial charge in [0.25, 0.3) is 0 Å². The first-order chi connectivity index (χ1) is 9.38. The third-order valence-electron chi connectivity index (χ3n) is 2.67. The number of methoxy groups -OCH3 is 1. The largest absolute Gasteiger partial charge is 0.465 e. The third kappa shape index (κ3) is 3.33. The van der Waals surface area contributed by atoms with Gasteiger partial charge in [-0.2, -0.15) is 4.31 Å². The summed E-state index contributed by atoms with van der Waals surface area (Å²) in [5, 5.41) is 8.89. The minimum absolute atomic E-state index is 0.0834. The highest BCUT2D eigenvalue weighted by Gasteiger charge is 2.28. The maximum Gasteiger partial charge on any atom is 0.339 e. The molecule has 0 aliphatic rings. The van der Waals surface area contributed by atoms with Crippen LogP contribution < -0.4 is 0 Å². The fraction of sp³-hybridized carbons (Fsp3) is 0.417. The average Bonchev–Trinajstić information content (AvgIpc) is 2.43. The van der Waals surface area contributed by atoms with Crippen LogP contribution in [0.5, 0.6) is 0 Å². The summed E-state index contributed by atoms with van der Waals surface area (Å²) in [5.41, 5.74) is -0.245. The number of aliphatic hydroxyl groups excluding tert-OH is 1. The Morgan fingerprint density at radius 2 is 2.10 bits per heavy atom. The minimum Gasteiger partial charge on any atom is -0.465 e. The van der Waals surface area contributed by atoms with Gasteiger partial charge >= 0.3 is 5.97 Å². The molecule has 1 N–H and O–H groups in total. The highest BCUT2D eigenvalue weighted by Crippen LogP contribution is 2.22. The summed E-state index contributed by atoms with van der Waals surface area (Å²) in [6.45, 7) is 1.14. The number of rotatable bonds is 6. The molecule has 0 spiro atoms. The minimum atomic E-state index is -4.09. The molecule has 20 heavy (non-hydrogen) atoms. The van der Waals surface area contributed by atoms with Gasteiger partial charge in [0, 0.05) is 13.1 Å². The van der Waals surface area contributed by atoms with Crippen LogP contribution in [0.25, 0.3) is 0 Å². The second-order valence-corrected chi connectivity index (χ2v) is 5.76. The fourth-order valence-electron chi connectivity index (χ4n) is 1.69. The summed E-state index contributed by atoms with van der Waals surface area (Å²) in [7, 11) is -2.98. The first-order valence-corrected chi connectivity index (χ1v) is 7.31. The van der Waals surface area contributed by atoms with E-state index < -0.39 is 26.7 Å². The van der Waals surface area contributed by atoms with Crippen LogP contribution in [0.1, 0.15) is 17.3 Å². The third-order valence-corrected chi connectivity index (χ3v) is 4.68. The first-order valence-electron chi connectivity index (χ1n) is 5.87. The molecular weight excluding hydrogens is 289 g/mol. The number of sulfonamides is 1. The molecule has 0 aliphatic carbocycles. The zero-order valence-electron chi connectivity index (χ0n) is 11.2. The summed E-state index contributed by atoms with van der Waals surface area (Å²) < 4.78 is 43.5. The van der Waals surface area contributed by atoms with Crippen LogP contribution in [0.15, 0.2) is 23.1 Å². The number of carbonyl (C=O) groups excluding carboxylic acids is 1. The molecule has 0 bridgehead atoms. The lowest BCUT2D eigenvalue weighted by molar-refractivity contribution is 0.0596. The van der Waals surface area contributed by atoms with Gasteiger partial charge in [0.2, 0.25) is 10.0 Å². The van der Waals surface area contributed by atoms with Crippen molar-refractivity contribution in [3.05, 3.63) is 29.6 Å². The zero-order valence-corrected chi connectivity index (χ0v) is 12.0. The number of benzene rings is 1. The molecule has 0 fully saturated rings. The smallest absolute Gasteiger partial charge is 0.339 e. The van der Waals surface area contributed by atoms with Gasteiger partial charge in [-0.05, 0) is 18.2 Å². The van der Waals surface area contributed by atoms with E-state index in [2.05, 4.69) is 4.74 Å². The van der Waals surface area contributed by atoms with E-state index in [1.807, 2.05) is 0 Å². The Morgan fingerprint density at radius 3 is 2.60 bits per heavy atom. The highest BCUT2D eigenvalue weighted by molar-refractivity contribution is 7.89. The molecule has 8 heteroatoms. The van der Waals surface area contributed by atoms with E-state index in [0.29, 0.717) is 0 Å². The molecule has 0 saturated carbocycles. The summed E-state index contributed by atoms with van der Waals surface area (Å²) >= 11 is 0. The molecule has 0 heterocycles. The van der Waals surface area contributed by atoms with Crippen molar-refractivity contribution in [1.29, 1.82) is 0 Å². The van der Waals surface area contributed by atoms with E-state index >= 15 is 0 Å². The van der Waals surface area contributed by atoms with Gasteiger partial charge in [-0.15, -0.1) is 0 Å².